The highest BCUT2D eigenvalue weighted by molar-refractivity contribution is 7.17. The van der Waals surface area contributed by atoms with Crippen molar-refractivity contribution in [2.24, 2.45) is 0 Å². The highest BCUT2D eigenvalue weighted by Gasteiger charge is 2.02. The second-order valence-corrected chi connectivity index (χ2v) is 4.89. The third kappa shape index (κ3) is 2.90. The lowest BCUT2D eigenvalue weighted by molar-refractivity contribution is -0.132. The minimum absolute atomic E-state index is 0.444. The Labute approximate surface area is 110 Å². The summed E-state index contributed by atoms with van der Waals surface area (Å²) in [5.41, 5.74) is 1.46. The number of carboxylic acid groups (broad SMARTS) is 1. The second kappa shape index (κ2) is 5.69. The van der Waals surface area contributed by atoms with Crippen LogP contribution in [-0.2, 0) is 4.79 Å². The summed E-state index contributed by atoms with van der Waals surface area (Å²) in [7, 11) is 0. The Bertz CT molecular complexity index is 586. The van der Waals surface area contributed by atoms with Gasteiger partial charge in [-0.1, -0.05) is 13.0 Å². The highest BCUT2D eigenvalue weighted by atomic mass is 32.1. The molecule has 0 aliphatic heterocycles. The van der Waals surface area contributed by atoms with Gasteiger partial charge in [-0.2, -0.15) is 0 Å². The van der Waals surface area contributed by atoms with Crippen LogP contribution in [0.1, 0.15) is 13.3 Å². The van der Waals surface area contributed by atoms with Crippen molar-refractivity contribution >= 4 is 33.1 Å². The molecule has 0 aliphatic carbocycles. The fourth-order valence-corrected chi connectivity index (χ4v) is 2.52. The molecule has 0 fully saturated rings. The monoisotopic (exact) mass is 261 g/mol. The predicted octanol–water partition coefficient (Wildman–Crippen LogP) is 3.73. The van der Waals surface area contributed by atoms with Gasteiger partial charge >= 0.3 is 5.97 Å². The number of anilines is 1. The zero-order chi connectivity index (χ0) is 13.0. The van der Waals surface area contributed by atoms with Gasteiger partial charge in [0.05, 0.1) is 0 Å². The maximum atomic E-state index is 10.8. The Kier molecular flexibility index (Phi) is 3.99. The van der Waals surface area contributed by atoms with Gasteiger partial charge in [0.2, 0.25) is 0 Å². The van der Waals surface area contributed by atoms with Gasteiger partial charge in [-0.3, -0.25) is 0 Å². The molecule has 0 saturated carbocycles. The normalized spacial score (nSPS) is 11.7. The third-order valence-corrected chi connectivity index (χ3v) is 3.66. The molecule has 2 aromatic rings. The smallest absolute Gasteiger partial charge is 0.331 e. The van der Waals surface area contributed by atoms with Crippen molar-refractivity contribution in [1.29, 1.82) is 0 Å². The van der Waals surface area contributed by atoms with E-state index in [4.69, 9.17) is 5.11 Å². The Morgan fingerprint density at radius 1 is 1.44 bits per heavy atom. The van der Waals surface area contributed by atoms with Crippen molar-refractivity contribution in [3.63, 3.8) is 0 Å². The van der Waals surface area contributed by atoms with Crippen molar-refractivity contribution < 1.29 is 9.90 Å². The fraction of sp³-hybridized carbons (Fsp3) is 0.214. The summed E-state index contributed by atoms with van der Waals surface area (Å²) < 4.78 is 1.26. The molecule has 18 heavy (non-hydrogen) atoms. The lowest BCUT2D eigenvalue weighted by atomic mass is 10.2. The van der Waals surface area contributed by atoms with Gasteiger partial charge in [-0.05, 0) is 41.5 Å². The summed E-state index contributed by atoms with van der Waals surface area (Å²) in [6, 6.07) is 8.24. The first kappa shape index (κ1) is 12.6. The molecule has 2 N–H and O–H groups in total. The van der Waals surface area contributed by atoms with Crippen LogP contribution < -0.4 is 5.32 Å². The van der Waals surface area contributed by atoms with Crippen molar-refractivity contribution in [2.45, 2.75) is 13.3 Å². The number of hydrogen-bond donors (Lipinski definition) is 2. The van der Waals surface area contributed by atoms with E-state index in [-0.39, 0.29) is 0 Å². The molecule has 4 heteroatoms. The molecule has 0 spiro atoms. The van der Waals surface area contributed by atoms with Crippen molar-refractivity contribution in [3.8, 4) is 0 Å². The number of thiophene rings is 1. The molecule has 0 radical (unpaired) electrons. The number of hydrogen-bond acceptors (Lipinski definition) is 3. The average molecular weight is 261 g/mol. The van der Waals surface area contributed by atoms with Crippen LogP contribution in [0.4, 0.5) is 5.69 Å². The summed E-state index contributed by atoms with van der Waals surface area (Å²) in [5.74, 6) is -0.840. The standard InChI is InChI=1S/C14H15NO2S/c1-2-10(14(16)17)5-7-15-12-3-4-13-11(9-12)6-8-18-13/h3-6,8-9,15H,2,7H2,1H3,(H,16,17)/b10-5-. The van der Waals surface area contributed by atoms with E-state index in [0.29, 0.717) is 18.5 Å². The van der Waals surface area contributed by atoms with Gasteiger partial charge in [0.15, 0.2) is 0 Å². The summed E-state index contributed by atoms with van der Waals surface area (Å²) in [5, 5.41) is 15.4. The maximum absolute atomic E-state index is 10.8. The number of carboxylic acids is 1. The molecular formula is C14H15NO2S. The number of aliphatic carboxylic acids is 1. The minimum atomic E-state index is -0.840. The van der Waals surface area contributed by atoms with E-state index < -0.39 is 5.97 Å². The van der Waals surface area contributed by atoms with Crippen molar-refractivity contribution in [2.75, 3.05) is 11.9 Å². The topological polar surface area (TPSA) is 49.3 Å². The molecule has 3 nitrogen and oxygen atoms in total. The maximum Gasteiger partial charge on any atom is 0.331 e. The summed E-state index contributed by atoms with van der Waals surface area (Å²) in [4.78, 5) is 10.8. The molecule has 0 amide bonds. The summed E-state index contributed by atoms with van der Waals surface area (Å²) in [6.07, 6.45) is 2.26. The van der Waals surface area contributed by atoms with E-state index in [9.17, 15) is 4.79 Å². The largest absolute Gasteiger partial charge is 0.478 e. The molecule has 0 saturated heterocycles. The molecule has 1 aromatic carbocycles. The molecule has 0 unspecified atom stereocenters. The molecule has 2 rings (SSSR count). The lowest BCUT2D eigenvalue weighted by Gasteiger charge is -2.04. The summed E-state index contributed by atoms with van der Waals surface area (Å²) in [6.45, 7) is 2.38. The number of benzene rings is 1. The van der Waals surface area contributed by atoms with Gasteiger partial charge in [-0.25, -0.2) is 4.79 Å². The van der Waals surface area contributed by atoms with Crippen LogP contribution in [0.25, 0.3) is 10.1 Å². The van der Waals surface area contributed by atoms with E-state index in [1.54, 1.807) is 17.4 Å². The van der Waals surface area contributed by atoms with Crippen LogP contribution in [0, 0.1) is 0 Å². The molecular weight excluding hydrogens is 246 g/mol. The number of carbonyl (C=O) groups is 1. The molecule has 1 heterocycles. The Balaban J connectivity index is 2.03. The third-order valence-electron chi connectivity index (χ3n) is 2.76. The predicted molar refractivity (Wildman–Crippen MR) is 76.3 cm³/mol. The van der Waals surface area contributed by atoms with Crippen LogP contribution >= 0.6 is 11.3 Å². The van der Waals surface area contributed by atoms with E-state index in [1.807, 2.05) is 13.0 Å². The number of nitrogens with one attached hydrogen (secondary N) is 1. The van der Waals surface area contributed by atoms with Gasteiger partial charge < -0.3 is 10.4 Å². The first-order valence-electron chi connectivity index (χ1n) is 5.84. The molecule has 0 bridgehead atoms. The Morgan fingerprint density at radius 3 is 3.00 bits per heavy atom. The zero-order valence-corrected chi connectivity index (χ0v) is 11.0. The molecule has 0 atom stereocenters. The van der Waals surface area contributed by atoms with Crippen molar-refractivity contribution in [3.05, 3.63) is 41.3 Å². The van der Waals surface area contributed by atoms with Crippen LogP contribution in [0.15, 0.2) is 41.3 Å². The van der Waals surface area contributed by atoms with Crippen LogP contribution in [0.2, 0.25) is 0 Å². The lowest BCUT2D eigenvalue weighted by Crippen LogP contribution is -2.04. The molecule has 94 valence electrons. The average Bonchev–Trinajstić information content (AvgIpc) is 2.81. The van der Waals surface area contributed by atoms with Gasteiger partial charge in [0.25, 0.3) is 0 Å². The molecule has 1 aromatic heterocycles. The minimum Gasteiger partial charge on any atom is -0.478 e. The van der Waals surface area contributed by atoms with E-state index in [0.717, 1.165) is 5.69 Å². The first-order valence-corrected chi connectivity index (χ1v) is 6.72. The Morgan fingerprint density at radius 2 is 2.28 bits per heavy atom. The summed E-state index contributed by atoms with van der Waals surface area (Å²) >= 11 is 1.71. The van der Waals surface area contributed by atoms with Crippen LogP contribution in [0.5, 0.6) is 0 Å². The molecule has 0 aliphatic rings. The van der Waals surface area contributed by atoms with E-state index in [1.165, 1.54) is 10.1 Å². The van der Waals surface area contributed by atoms with Crippen molar-refractivity contribution in [1.82, 2.24) is 0 Å². The Hall–Kier alpha value is -1.81. The van der Waals surface area contributed by atoms with E-state index >= 15 is 0 Å². The van der Waals surface area contributed by atoms with Crippen LogP contribution in [0.3, 0.4) is 0 Å². The van der Waals surface area contributed by atoms with Gasteiger partial charge in [-0.15, -0.1) is 11.3 Å². The van der Waals surface area contributed by atoms with Gasteiger partial charge in [0.1, 0.15) is 0 Å². The SMILES string of the molecule is CC/C(=C/CNc1ccc2sccc2c1)C(=O)O. The highest BCUT2D eigenvalue weighted by Crippen LogP contribution is 2.23. The zero-order valence-electron chi connectivity index (χ0n) is 10.1. The van der Waals surface area contributed by atoms with Gasteiger partial charge in [0, 0.05) is 22.5 Å². The number of fused-ring (bicyclic) bond motifs is 1. The quantitative estimate of drug-likeness (QED) is 0.806. The number of rotatable bonds is 5. The van der Waals surface area contributed by atoms with Crippen LogP contribution in [-0.4, -0.2) is 17.6 Å². The first-order chi connectivity index (χ1) is 8.70. The second-order valence-electron chi connectivity index (χ2n) is 3.94. The van der Waals surface area contributed by atoms with E-state index in [2.05, 4.69) is 28.9 Å². The fourth-order valence-electron chi connectivity index (χ4n) is 1.75.